The number of carbonyl (C=O) groups is 1. The Kier molecular flexibility index (Phi) is 4.55. The molecule has 0 aliphatic carbocycles. The van der Waals surface area contributed by atoms with Gasteiger partial charge in [0.25, 0.3) is 5.91 Å². The van der Waals surface area contributed by atoms with Crippen molar-refractivity contribution < 1.29 is 9.53 Å². The van der Waals surface area contributed by atoms with Crippen LogP contribution in [0.5, 0.6) is 5.75 Å². The maximum atomic E-state index is 11.4. The Morgan fingerprint density at radius 2 is 2.05 bits per heavy atom. The standard InChI is InChI=1S/C15H19N5O2/c1-8(2)13-11(22-4)5-6-12(18-13)17-10-7-9(3)19-20-14(10)15(16)21/h5-8H,1-4H3,(H2,16,21)(H,17,18,19). The predicted octanol–water partition coefficient (Wildman–Crippen LogP) is 2.15. The molecule has 0 unspecified atom stereocenters. The molecule has 0 bridgehead atoms. The zero-order valence-electron chi connectivity index (χ0n) is 13.0. The van der Waals surface area contributed by atoms with E-state index in [4.69, 9.17) is 10.5 Å². The maximum Gasteiger partial charge on any atom is 0.271 e. The normalized spacial score (nSPS) is 10.6. The van der Waals surface area contributed by atoms with Crippen LogP contribution in [0.25, 0.3) is 0 Å². The molecular formula is C15H19N5O2. The van der Waals surface area contributed by atoms with Gasteiger partial charge in [-0.25, -0.2) is 4.98 Å². The molecule has 0 aromatic carbocycles. The average molecular weight is 301 g/mol. The number of anilines is 2. The Morgan fingerprint density at radius 1 is 1.32 bits per heavy atom. The lowest BCUT2D eigenvalue weighted by Gasteiger charge is -2.14. The molecule has 0 radical (unpaired) electrons. The van der Waals surface area contributed by atoms with Gasteiger partial charge in [0.15, 0.2) is 5.69 Å². The van der Waals surface area contributed by atoms with Crippen LogP contribution < -0.4 is 15.8 Å². The molecule has 22 heavy (non-hydrogen) atoms. The van der Waals surface area contributed by atoms with Crippen molar-refractivity contribution in [3.8, 4) is 5.75 Å². The number of nitrogens with two attached hydrogens (primary N) is 1. The summed E-state index contributed by atoms with van der Waals surface area (Å²) in [6.45, 7) is 5.84. The summed E-state index contributed by atoms with van der Waals surface area (Å²) in [5.74, 6) is 0.858. The number of methoxy groups -OCH3 is 1. The van der Waals surface area contributed by atoms with E-state index in [2.05, 4.69) is 20.5 Å². The SMILES string of the molecule is COc1ccc(Nc2cc(C)nnc2C(N)=O)nc1C(C)C. The first-order valence-electron chi connectivity index (χ1n) is 6.88. The molecule has 116 valence electrons. The van der Waals surface area contributed by atoms with Gasteiger partial charge in [-0.15, -0.1) is 5.10 Å². The lowest BCUT2D eigenvalue weighted by atomic mass is 10.1. The minimum atomic E-state index is -0.646. The first-order chi connectivity index (χ1) is 10.4. The largest absolute Gasteiger partial charge is 0.495 e. The van der Waals surface area contributed by atoms with Gasteiger partial charge in [-0.3, -0.25) is 4.79 Å². The molecule has 0 aliphatic rings. The number of nitrogens with one attached hydrogen (secondary N) is 1. The van der Waals surface area contributed by atoms with Crippen LogP contribution in [-0.2, 0) is 0 Å². The third-order valence-corrected chi connectivity index (χ3v) is 3.06. The predicted molar refractivity (Wildman–Crippen MR) is 83.4 cm³/mol. The first-order valence-corrected chi connectivity index (χ1v) is 6.88. The molecule has 0 saturated heterocycles. The Labute approximate surface area is 128 Å². The summed E-state index contributed by atoms with van der Waals surface area (Å²) in [5.41, 5.74) is 7.37. The maximum absolute atomic E-state index is 11.4. The third kappa shape index (κ3) is 3.30. The molecule has 2 aromatic rings. The molecule has 0 aliphatic heterocycles. The fraction of sp³-hybridized carbons (Fsp3) is 0.333. The number of amides is 1. The van der Waals surface area contributed by atoms with Crippen LogP contribution in [0.15, 0.2) is 18.2 Å². The highest BCUT2D eigenvalue weighted by Crippen LogP contribution is 2.27. The second-order valence-corrected chi connectivity index (χ2v) is 5.18. The summed E-state index contributed by atoms with van der Waals surface area (Å²) in [4.78, 5) is 16.0. The number of aromatic nitrogens is 3. The number of hydrogen-bond acceptors (Lipinski definition) is 6. The molecule has 1 amide bonds. The van der Waals surface area contributed by atoms with Crippen LogP contribution in [0.3, 0.4) is 0 Å². The minimum Gasteiger partial charge on any atom is -0.495 e. The van der Waals surface area contributed by atoms with Crippen molar-refractivity contribution in [1.82, 2.24) is 15.2 Å². The fourth-order valence-electron chi connectivity index (χ4n) is 2.02. The molecule has 2 heterocycles. The third-order valence-electron chi connectivity index (χ3n) is 3.06. The highest BCUT2D eigenvalue weighted by molar-refractivity contribution is 5.96. The van der Waals surface area contributed by atoms with Crippen LogP contribution in [0.4, 0.5) is 11.5 Å². The van der Waals surface area contributed by atoms with Crippen molar-refractivity contribution in [1.29, 1.82) is 0 Å². The summed E-state index contributed by atoms with van der Waals surface area (Å²) < 4.78 is 5.31. The molecule has 0 fully saturated rings. The first kappa shape index (κ1) is 15.7. The highest BCUT2D eigenvalue weighted by Gasteiger charge is 2.14. The van der Waals surface area contributed by atoms with Crippen molar-refractivity contribution in [2.24, 2.45) is 5.73 Å². The average Bonchev–Trinajstić information content (AvgIpc) is 2.46. The number of carbonyl (C=O) groups excluding carboxylic acids is 1. The van der Waals surface area contributed by atoms with Crippen molar-refractivity contribution in [2.45, 2.75) is 26.7 Å². The zero-order valence-corrected chi connectivity index (χ0v) is 13.0. The number of rotatable bonds is 5. The van der Waals surface area contributed by atoms with Crippen LogP contribution >= 0.6 is 0 Å². The lowest BCUT2D eigenvalue weighted by Crippen LogP contribution is -2.17. The van der Waals surface area contributed by atoms with E-state index in [-0.39, 0.29) is 11.6 Å². The van der Waals surface area contributed by atoms with E-state index in [1.807, 2.05) is 19.9 Å². The highest BCUT2D eigenvalue weighted by atomic mass is 16.5. The van der Waals surface area contributed by atoms with Gasteiger partial charge in [0.1, 0.15) is 11.6 Å². The molecule has 7 nitrogen and oxygen atoms in total. The van der Waals surface area contributed by atoms with E-state index in [1.54, 1.807) is 26.2 Å². The van der Waals surface area contributed by atoms with Crippen molar-refractivity contribution in [3.05, 3.63) is 35.3 Å². The van der Waals surface area contributed by atoms with E-state index in [1.165, 1.54) is 0 Å². The van der Waals surface area contributed by atoms with Crippen LogP contribution in [0.1, 0.15) is 41.6 Å². The Hall–Kier alpha value is -2.70. The smallest absolute Gasteiger partial charge is 0.271 e. The van der Waals surface area contributed by atoms with Gasteiger partial charge in [-0.2, -0.15) is 5.10 Å². The molecule has 0 atom stereocenters. The molecule has 3 N–H and O–H groups in total. The monoisotopic (exact) mass is 301 g/mol. The molecular weight excluding hydrogens is 282 g/mol. The van der Waals surface area contributed by atoms with Gasteiger partial charge < -0.3 is 15.8 Å². The summed E-state index contributed by atoms with van der Waals surface area (Å²) >= 11 is 0. The van der Waals surface area contributed by atoms with E-state index >= 15 is 0 Å². The summed E-state index contributed by atoms with van der Waals surface area (Å²) in [6, 6.07) is 5.30. The molecule has 2 aromatic heterocycles. The molecule has 7 heteroatoms. The van der Waals surface area contributed by atoms with Crippen LogP contribution in [-0.4, -0.2) is 28.2 Å². The van der Waals surface area contributed by atoms with E-state index < -0.39 is 5.91 Å². The Bertz CT molecular complexity index is 700. The van der Waals surface area contributed by atoms with Gasteiger partial charge in [0.2, 0.25) is 0 Å². The van der Waals surface area contributed by atoms with Gasteiger partial charge >= 0.3 is 0 Å². The number of pyridine rings is 1. The molecule has 0 saturated carbocycles. The quantitative estimate of drug-likeness (QED) is 0.877. The second-order valence-electron chi connectivity index (χ2n) is 5.18. The zero-order chi connectivity index (χ0) is 16.3. The topological polar surface area (TPSA) is 103 Å². The summed E-state index contributed by atoms with van der Waals surface area (Å²) in [5, 5.41) is 10.7. The van der Waals surface area contributed by atoms with E-state index in [0.29, 0.717) is 17.2 Å². The molecule has 0 spiro atoms. The number of aryl methyl sites for hydroxylation is 1. The molecule has 2 rings (SSSR count). The van der Waals surface area contributed by atoms with E-state index in [0.717, 1.165) is 11.4 Å². The number of hydrogen-bond donors (Lipinski definition) is 2. The van der Waals surface area contributed by atoms with Crippen LogP contribution in [0.2, 0.25) is 0 Å². The minimum absolute atomic E-state index is 0.0781. The Morgan fingerprint density at radius 3 is 2.64 bits per heavy atom. The van der Waals surface area contributed by atoms with Gasteiger partial charge in [-0.1, -0.05) is 13.8 Å². The number of ether oxygens (including phenoxy) is 1. The number of primary amides is 1. The van der Waals surface area contributed by atoms with Gasteiger partial charge in [0.05, 0.1) is 24.2 Å². The van der Waals surface area contributed by atoms with Crippen molar-refractivity contribution in [2.75, 3.05) is 12.4 Å². The lowest BCUT2D eigenvalue weighted by molar-refractivity contribution is 0.0995. The van der Waals surface area contributed by atoms with Crippen LogP contribution in [0, 0.1) is 6.92 Å². The van der Waals surface area contributed by atoms with E-state index in [9.17, 15) is 4.79 Å². The Balaban J connectivity index is 2.41. The van der Waals surface area contributed by atoms with Gasteiger partial charge in [-0.05, 0) is 31.0 Å². The second kappa shape index (κ2) is 6.38. The summed E-state index contributed by atoms with van der Waals surface area (Å²) in [6.07, 6.45) is 0. The van der Waals surface area contributed by atoms with Crippen molar-refractivity contribution >= 4 is 17.4 Å². The number of nitrogens with zero attached hydrogens (tertiary/aromatic N) is 3. The fourth-order valence-corrected chi connectivity index (χ4v) is 2.02. The van der Waals surface area contributed by atoms with Crippen molar-refractivity contribution in [3.63, 3.8) is 0 Å². The summed E-state index contributed by atoms with van der Waals surface area (Å²) in [7, 11) is 1.61. The van der Waals surface area contributed by atoms with Gasteiger partial charge in [0, 0.05) is 0 Å².